The molecule has 3 N–H and O–H groups in total. The number of ether oxygens (including phenoxy) is 1. The number of carboxylic acid groups (broad SMARTS) is 1. The molecule has 0 aliphatic carbocycles. The zero-order chi connectivity index (χ0) is 33.8. The summed E-state index contributed by atoms with van der Waals surface area (Å²) in [5.41, 5.74) is 5.28. The van der Waals surface area contributed by atoms with E-state index in [4.69, 9.17) is 9.72 Å². The number of benzene rings is 1. The van der Waals surface area contributed by atoms with Gasteiger partial charge in [-0.2, -0.15) is 0 Å². The lowest BCUT2D eigenvalue weighted by Gasteiger charge is -2.52. The molecule has 0 radical (unpaired) electrons. The highest BCUT2D eigenvalue weighted by Crippen LogP contribution is 2.38. The third kappa shape index (κ3) is 7.95. The minimum atomic E-state index is -1.14. The lowest BCUT2D eigenvalue weighted by atomic mass is 9.74. The van der Waals surface area contributed by atoms with E-state index in [9.17, 15) is 29.1 Å². The first-order valence-electron chi connectivity index (χ1n) is 15.9. The van der Waals surface area contributed by atoms with E-state index >= 15 is 0 Å². The third-order valence-electron chi connectivity index (χ3n) is 8.46. The fourth-order valence-electron chi connectivity index (χ4n) is 6.60. The fourth-order valence-corrected chi connectivity index (χ4v) is 6.60. The Bertz CT molecular complexity index is 1440. The first-order valence-corrected chi connectivity index (χ1v) is 15.9. The Kier molecular flexibility index (Phi) is 10.9. The molecule has 14 nitrogen and oxygen atoms in total. The first kappa shape index (κ1) is 34.7. The van der Waals surface area contributed by atoms with Gasteiger partial charge in [-0.25, -0.2) is 9.78 Å². The number of piperidine rings is 1. The number of likely N-dealkylation sites (tertiary alicyclic amines) is 1. The molecule has 5 amide bonds. The molecule has 14 heteroatoms. The SMILES string of the molecule is CC(=O)NNC(=O)CCn1c(C(=O)N(CC(C)C)[C@H]2C[C@@H](C(=O)N3CCOCC3)CN(C(=O)O)C2C(C)(C)C)nc2ccccc21. The maximum atomic E-state index is 14.8. The molecule has 1 unspecified atom stereocenters. The van der Waals surface area contributed by atoms with E-state index in [0.29, 0.717) is 50.3 Å². The number of aryl methyl sites for hydroxylation is 1. The van der Waals surface area contributed by atoms with Crippen LogP contribution in [0.2, 0.25) is 0 Å². The van der Waals surface area contributed by atoms with E-state index in [1.54, 1.807) is 20.4 Å². The topological polar surface area (TPSA) is 166 Å². The van der Waals surface area contributed by atoms with Crippen LogP contribution in [0.15, 0.2) is 24.3 Å². The number of imidazole rings is 1. The molecule has 46 heavy (non-hydrogen) atoms. The van der Waals surface area contributed by atoms with Crippen molar-refractivity contribution in [1.29, 1.82) is 0 Å². The van der Waals surface area contributed by atoms with Crippen LogP contribution in [0.5, 0.6) is 0 Å². The lowest BCUT2D eigenvalue weighted by Crippen LogP contribution is -2.66. The van der Waals surface area contributed by atoms with E-state index in [-0.39, 0.29) is 37.2 Å². The Balaban J connectivity index is 1.76. The predicted octanol–water partition coefficient (Wildman–Crippen LogP) is 2.33. The molecule has 0 bridgehead atoms. The second kappa shape index (κ2) is 14.5. The van der Waals surface area contributed by atoms with E-state index < -0.39 is 47.2 Å². The minimum Gasteiger partial charge on any atom is -0.465 e. The Labute approximate surface area is 269 Å². The normalized spacial score (nSPS) is 20.5. The van der Waals surface area contributed by atoms with Crippen molar-refractivity contribution in [2.45, 2.75) is 73.0 Å². The van der Waals surface area contributed by atoms with E-state index in [0.717, 1.165) is 0 Å². The van der Waals surface area contributed by atoms with Gasteiger partial charge in [-0.15, -0.1) is 0 Å². The van der Waals surface area contributed by atoms with Crippen LogP contribution in [0.4, 0.5) is 4.79 Å². The van der Waals surface area contributed by atoms with Gasteiger partial charge in [-0.3, -0.25) is 30.0 Å². The van der Waals surface area contributed by atoms with Gasteiger partial charge in [0.15, 0.2) is 5.82 Å². The van der Waals surface area contributed by atoms with Crippen LogP contribution in [-0.4, -0.2) is 111 Å². The van der Waals surface area contributed by atoms with Crippen LogP contribution in [0.1, 0.15) is 65.0 Å². The van der Waals surface area contributed by atoms with Gasteiger partial charge in [0.2, 0.25) is 17.7 Å². The zero-order valence-corrected chi connectivity index (χ0v) is 27.6. The second-order valence-electron chi connectivity index (χ2n) is 13.6. The van der Waals surface area contributed by atoms with Crippen LogP contribution >= 0.6 is 0 Å². The molecule has 2 aliphatic heterocycles. The number of amides is 5. The Hall–Kier alpha value is -4.20. The summed E-state index contributed by atoms with van der Waals surface area (Å²) in [6.07, 6.45) is -0.888. The average Bonchev–Trinajstić information content (AvgIpc) is 3.38. The maximum Gasteiger partial charge on any atom is 0.407 e. The average molecular weight is 642 g/mol. The smallest absolute Gasteiger partial charge is 0.407 e. The number of hydrogen-bond donors (Lipinski definition) is 3. The summed E-state index contributed by atoms with van der Waals surface area (Å²) in [4.78, 5) is 74.6. The molecular formula is C32H47N7O7. The molecule has 2 aliphatic rings. The largest absolute Gasteiger partial charge is 0.465 e. The maximum absolute atomic E-state index is 14.8. The summed E-state index contributed by atoms with van der Waals surface area (Å²) < 4.78 is 7.13. The Morgan fingerprint density at radius 3 is 2.37 bits per heavy atom. The summed E-state index contributed by atoms with van der Waals surface area (Å²) in [5, 5.41) is 10.5. The monoisotopic (exact) mass is 641 g/mol. The summed E-state index contributed by atoms with van der Waals surface area (Å²) >= 11 is 0. The molecular weight excluding hydrogens is 594 g/mol. The molecule has 1 aromatic heterocycles. The lowest BCUT2D eigenvalue weighted by molar-refractivity contribution is -0.144. The number of nitrogens with one attached hydrogen (secondary N) is 2. The fraction of sp³-hybridized carbons (Fsp3) is 0.625. The van der Waals surface area contributed by atoms with Crippen LogP contribution in [0, 0.1) is 17.3 Å². The number of hydrazine groups is 1. The predicted molar refractivity (Wildman–Crippen MR) is 169 cm³/mol. The van der Waals surface area contributed by atoms with Crippen molar-refractivity contribution in [2.75, 3.05) is 39.4 Å². The number of aromatic nitrogens is 2. The zero-order valence-electron chi connectivity index (χ0n) is 27.6. The second-order valence-corrected chi connectivity index (χ2v) is 13.6. The van der Waals surface area contributed by atoms with Gasteiger partial charge in [0.1, 0.15) is 0 Å². The molecule has 3 heterocycles. The Morgan fingerprint density at radius 1 is 1.09 bits per heavy atom. The highest BCUT2D eigenvalue weighted by atomic mass is 16.5. The molecule has 4 rings (SSSR count). The van der Waals surface area contributed by atoms with Gasteiger partial charge < -0.3 is 29.1 Å². The highest BCUT2D eigenvalue weighted by molar-refractivity contribution is 5.95. The van der Waals surface area contributed by atoms with Crippen LogP contribution in [-0.2, 0) is 25.7 Å². The van der Waals surface area contributed by atoms with Gasteiger partial charge in [-0.05, 0) is 29.9 Å². The molecule has 1 aromatic carbocycles. The molecule has 2 fully saturated rings. The van der Waals surface area contributed by atoms with Gasteiger partial charge in [0.05, 0.1) is 42.2 Å². The summed E-state index contributed by atoms with van der Waals surface area (Å²) in [6, 6.07) is 6.00. The van der Waals surface area contributed by atoms with Gasteiger partial charge in [0.25, 0.3) is 5.91 Å². The highest BCUT2D eigenvalue weighted by Gasteiger charge is 2.50. The quantitative estimate of drug-likeness (QED) is 0.370. The summed E-state index contributed by atoms with van der Waals surface area (Å²) in [7, 11) is 0. The standard InChI is InChI=1S/C32H47N7O7/c1-20(2)18-38(30(43)28-33-23-9-7-8-10-24(23)37(28)12-11-26(41)35-34-21(3)40)25-17-22(29(42)36-13-15-46-16-14-36)19-39(31(44)45)27(25)32(4,5)6/h7-10,20,22,25,27H,11-19H2,1-6H3,(H,34,40)(H,35,41)(H,44,45)/t22-,25+,27?/m1/s1. The van der Waals surface area contributed by atoms with Crippen molar-refractivity contribution < 1.29 is 33.8 Å². The molecule has 2 aromatic rings. The minimum absolute atomic E-state index is 0.0134. The van der Waals surface area contributed by atoms with E-state index in [2.05, 4.69) is 10.9 Å². The summed E-state index contributed by atoms with van der Waals surface area (Å²) in [5.74, 6) is -1.91. The van der Waals surface area contributed by atoms with Crippen molar-refractivity contribution in [1.82, 2.24) is 35.1 Å². The number of carbonyl (C=O) groups excluding carboxylic acids is 4. The number of nitrogens with zero attached hydrogens (tertiary/aromatic N) is 5. The van der Waals surface area contributed by atoms with Gasteiger partial charge in [-0.1, -0.05) is 46.8 Å². The number of morpholine rings is 1. The molecule has 0 spiro atoms. The number of hydrogen-bond acceptors (Lipinski definition) is 7. The number of carbonyl (C=O) groups is 5. The summed E-state index contributed by atoms with van der Waals surface area (Å²) in [6.45, 7) is 13.3. The third-order valence-corrected chi connectivity index (χ3v) is 8.46. The first-order chi connectivity index (χ1) is 21.7. The molecule has 3 atom stereocenters. The van der Waals surface area contributed by atoms with Crippen LogP contribution in [0.3, 0.4) is 0 Å². The van der Waals surface area contributed by atoms with Crippen molar-refractivity contribution in [3.63, 3.8) is 0 Å². The van der Waals surface area contributed by atoms with Gasteiger partial charge in [0, 0.05) is 46.1 Å². The van der Waals surface area contributed by atoms with Crippen molar-refractivity contribution in [2.24, 2.45) is 17.3 Å². The molecule has 0 saturated carbocycles. The Morgan fingerprint density at radius 2 is 1.76 bits per heavy atom. The van der Waals surface area contributed by atoms with E-state index in [1.807, 2.05) is 52.8 Å². The van der Waals surface area contributed by atoms with Crippen molar-refractivity contribution in [3.05, 3.63) is 30.1 Å². The van der Waals surface area contributed by atoms with Crippen LogP contribution < -0.4 is 10.9 Å². The number of fused-ring (bicyclic) bond motifs is 1. The van der Waals surface area contributed by atoms with Gasteiger partial charge >= 0.3 is 6.09 Å². The number of rotatable bonds is 8. The van der Waals surface area contributed by atoms with Crippen molar-refractivity contribution in [3.8, 4) is 0 Å². The number of para-hydroxylation sites is 2. The molecule has 2 saturated heterocycles. The van der Waals surface area contributed by atoms with E-state index in [1.165, 1.54) is 11.8 Å². The molecule has 252 valence electrons. The van der Waals surface area contributed by atoms with Crippen LogP contribution in [0.25, 0.3) is 11.0 Å². The van der Waals surface area contributed by atoms with Crippen molar-refractivity contribution >= 4 is 40.8 Å².